The van der Waals surface area contributed by atoms with Crippen molar-refractivity contribution in [2.45, 2.75) is 39.7 Å². The van der Waals surface area contributed by atoms with Crippen molar-refractivity contribution in [1.29, 1.82) is 0 Å². The lowest BCUT2D eigenvalue weighted by molar-refractivity contribution is 0.278. The molecule has 19 heavy (non-hydrogen) atoms. The van der Waals surface area contributed by atoms with E-state index >= 15 is 0 Å². The van der Waals surface area contributed by atoms with Crippen molar-refractivity contribution < 1.29 is 9.26 Å². The van der Waals surface area contributed by atoms with Crippen LogP contribution in [0.1, 0.15) is 38.0 Å². The summed E-state index contributed by atoms with van der Waals surface area (Å²) >= 11 is 0. The number of hydrogen-bond donors (Lipinski definition) is 1. The van der Waals surface area contributed by atoms with E-state index in [2.05, 4.69) is 10.1 Å². The number of aryl methyl sites for hydroxylation is 1. The highest BCUT2D eigenvalue weighted by Crippen LogP contribution is 2.22. The third-order valence-electron chi connectivity index (χ3n) is 2.67. The van der Waals surface area contributed by atoms with Gasteiger partial charge in [-0.15, -0.1) is 0 Å². The van der Waals surface area contributed by atoms with Gasteiger partial charge in [0.05, 0.1) is 0 Å². The predicted octanol–water partition coefficient (Wildman–Crippen LogP) is 2.84. The highest BCUT2D eigenvalue weighted by atomic mass is 16.5. The number of aromatic nitrogens is 2. The molecule has 0 bridgehead atoms. The van der Waals surface area contributed by atoms with Gasteiger partial charge in [-0.3, -0.25) is 0 Å². The molecule has 0 unspecified atom stereocenters. The molecule has 2 rings (SSSR count). The molecule has 0 saturated carbocycles. The van der Waals surface area contributed by atoms with E-state index in [1.807, 2.05) is 39.8 Å². The molecule has 0 radical (unpaired) electrons. The zero-order chi connectivity index (χ0) is 14.0. The summed E-state index contributed by atoms with van der Waals surface area (Å²) in [5, 5.41) is 3.91. The average Bonchev–Trinajstić information content (AvgIpc) is 2.76. The molecule has 1 aromatic carbocycles. The molecule has 5 nitrogen and oxygen atoms in total. The molecule has 2 aromatic rings. The number of anilines is 1. The minimum absolute atomic E-state index is 0.150. The van der Waals surface area contributed by atoms with Crippen LogP contribution in [-0.4, -0.2) is 10.1 Å². The van der Waals surface area contributed by atoms with E-state index < -0.39 is 0 Å². The van der Waals surface area contributed by atoms with Crippen molar-refractivity contribution in [2.75, 3.05) is 5.73 Å². The van der Waals surface area contributed by atoms with Crippen molar-refractivity contribution in [3.63, 3.8) is 0 Å². The molecular formula is C14H19N3O2. The molecule has 1 aromatic heterocycles. The highest BCUT2D eigenvalue weighted by molar-refractivity contribution is 5.47. The van der Waals surface area contributed by atoms with Crippen LogP contribution in [0.25, 0.3) is 0 Å². The largest absolute Gasteiger partial charge is 0.485 e. The van der Waals surface area contributed by atoms with Gasteiger partial charge in [-0.05, 0) is 30.7 Å². The van der Waals surface area contributed by atoms with E-state index in [0.717, 1.165) is 17.0 Å². The van der Waals surface area contributed by atoms with Crippen LogP contribution in [0.4, 0.5) is 5.69 Å². The fourth-order valence-electron chi connectivity index (χ4n) is 1.59. The topological polar surface area (TPSA) is 74.2 Å². The molecular weight excluding hydrogens is 242 g/mol. The van der Waals surface area contributed by atoms with E-state index in [9.17, 15) is 0 Å². The Labute approximate surface area is 112 Å². The number of nitrogen functional groups attached to an aromatic ring is 1. The highest BCUT2D eigenvalue weighted by Gasteiger charge is 2.21. The van der Waals surface area contributed by atoms with Gasteiger partial charge in [0.1, 0.15) is 5.75 Å². The molecule has 1 heterocycles. The number of rotatable bonds is 3. The van der Waals surface area contributed by atoms with Gasteiger partial charge in [-0.1, -0.05) is 25.9 Å². The first-order valence-electron chi connectivity index (χ1n) is 6.18. The van der Waals surface area contributed by atoms with Crippen molar-refractivity contribution in [3.05, 3.63) is 35.5 Å². The van der Waals surface area contributed by atoms with Gasteiger partial charge in [0, 0.05) is 11.1 Å². The molecule has 0 aliphatic rings. The second-order valence-corrected chi connectivity index (χ2v) is 5.58. The van der Waals surface area contributed by atoms with Crippen LogP contribution in [0.2, 0.25) is 0 Å². The number of ether oxygens (including phenoxy) is 1. The first kappa shape index (κ1) is 13.4. The first-order chi connectivity index (χ1) is 8.86. The van der Waals surface area contributed by atoms with Crippen LogP contribution in [0.5, 0.6) is 5.75 Å². The lowest BCUT2D eigenvalue weighted by Crippen LogP contribution is -2.11. The molecule has 0 fully saturated rings. The van der Waals surface area contributed by atoms with E-state index in [1.165, 1.54) is 0 Å². The Morgan fingerprint density at radius 3 is 2.63 bits per heavy atom. The molecule has 0 aliphatic carbocycles. The van der Waals surface area contributed by atoms with Crippen molar-refractivity contribution in [1.82, 2.24) is 10.1 Å². The molecule has 2 N–H and O–H groups in total. The van der Waals surface area contributed by atoms with Crippen molar-refractivity contribution >= 4 is 5.69 Å². The lowest BCUT2D eigenvalue weighted by atomic mass is 9.97. The fraction of sp³-hybridized carbons (Fsp3) is 0.429. The molecule has 102 valence electrons. The Kier molecular flexibility index (Phi) is 3.46. The monoisotopic (exact) mass is 261 g/mol. The Hall–Kier alpha value is -2.04. The minimum Gasteiger partial charge on any atom is -0.485 e. The van der Waals surface area contributed by atoms with E-state index in [0.29, 0.717) is 11.7 Å². The van der Waals surface area contributed by atoms with Gasteiger partial charge in [0.15, 0.2) is 6.61 Å². The van der Waals surface area contributed by atoms with E-state index in [1.54, 1.807) is 6.07 Å². The average molecular weight is 261 g/mol. The summed E-state index contributed by atoms with van der Waals surface area (Å²) in [5.74, 6) is 1.93. The predicted molar refractivity (Wildman–Crippen MR) is 72.9 cm³/mol. The third kappa shape index (κ3) is 3.24. The fourth-order valence-corrected chi connectivity index (χ4v) is 1.59. The van der Waals surface area contributed by atoms with Crippen molar-refractivity contribution in [2.24, 2.45) is 0 Å². The molecule has 5 heteroatoms. The Morgan fingerprint density at radius 2 is 2.05 bits per heavy atom. The summed E-state index contributed by atoms with van der Waals surface area (Å²) in [6.45, 7) is 8.30. The third-order valence-corrected chi connectivity index (χ3v) is 2.67. The summed E-state index contributed by atoms with van der Waals surface area (Å²) in [6.07, 6.45) is 0. The zero-order valence-corrected chi connectivity index (χ0v) is 11.7. The van der Waals surface area contributed by atoms with Crippen LogP contribution in [-0.2, 0) is 12.0 Å². The van der Waals surface area contributed by atoms with Crippen molar-refractivity contribution in [3.8, 4) is 5.75 Å². The first-order valence-corrected chi connectivity index (χ1v) is 6.18. The quantitative estimate of drug-likeness (QED) is 0.860. The number of benzene rings is 1. The number of hydrogen-bond acceptors (Lipinski definition) is 5. The molecule has 0 spiro atoms. The Morgan fingerprint density at radius 1 is 1.32 bits per heavy atom. The van der Waals surface area contributed by atoms with Gasteiger partial charge in [0.2, 0.25) is 11.7 Å². The van der Waals surface area contributed by atoms with Crippen LogP contribution >= 0.6 is 0 Å². The van der Waals surface area contributed by atoms with E-state index in [4.69, 9.17) is 15.0 Å². The summed E-state index contributed by atoms with van der Waals surface area (Å²) in [7, 11) is 0. The van der Waals surface area contributed by atoms with Crippen LogP contribution in [0.15, 0.2) is 22.7 Å². The lowest BCUT2D eigenvalue weighted by Gasteiger charge is -2.10. The Balaban J connectivity index is 2.04. The molecule has 0 aliphatic heterocycles. The molecule has 0 saturated heterocycles. The maximum Gasteiger partial charge on any atom is 0.232 e. The van der Waals surface area contributed by atoms with Gasteiger partial charge < -0.3 is 15.0 Å². The number of nitrogens with zero attached hydrogens (tertiary/aromatic N) is 2. The molecule has 0 atom stereocenters. The normalized spacial score (nSPS) is 11.6. The summed E-state index contributed by atoms with van der Waals surface area (Å²) in [6, 6.07) is 5.51. The maximum atomic E-state index is 5.69. The second-order valence-electron chi connectivity index (χ2n) is 5.58. The minimum atomic E-state index is -0.150. The Bertz CT molecular complexity index is 570. The standard InChI is InChI=1S/C14H19N3O2/c1-9-7-10(15)5-6-11(9)18-8-12-16-13(19-17-12)14(2,3)4/h5-7H,8,15H2,1-4H3. The van der Waals surface area contributed by atoms with Gasteiger partial charge >= 0.3 is 0 Å². The maximum absolute atomic E-state index is 5.69. The smallest absolute Gasteiger partial charge is 0.232 e. The summed E-state index contributed by atoms with van der Waals surface area (Å²) < 4.78 is 10.9. The van der Waals surface area contributed by atoms with Crippen LogP contribution in [0.3, 0.4) is 0 Å². The van der Waals surface area contributed by atoms with Crippen LogP contribution < -0.4 is 10.5 Å². The SMILES string of the molecule is Cc1cc(N)ccc1OCc1noc(C(C)(C)C)n1. The molecule has 0 amide bonds. The van der Waals surface area contributed by atoms with Crippen LogP contribution in [0, 0.1) is 6.92 Å². The van der Waals surface area contributed by atoms with E-state index in [-0.39, 0.29) is 12.0 Å². The summed E-state index contributed by atoms with van der Waals surface area (Å²) in [5.41, 5.74) is 7.25. The number of nitrogens with two attached hydrogens (primary N) is 1. The second kappa shape index (κ2) is 4.91. The zero-order valence-electron chi connectivity index (χ0n) is 11.7. The van der Waals surface area contributed by atoms with Gasteiger partial charge in [-0.2, -0.15) is 4.98 Å². The van der Waals surface area contributed by atoms with Gasteiger partial charge in [0.25, 0.3) is 0 Å². The van der Waals surface area contributed by atoms with Gasteiger partial charge in [-0.25, -0.2) is 0 Å². The summed E-state index contributed by atoms with van der Waals surface area (Å²) in [4.78, 5) is 4.32.